The summed E-state index contributed by atoms with van der Waals surface area (Å²) in [5.41, 5.74) is 6.11. The third kappa shape index (κ3) is 2.62. The molecule has 3 N–H and O–H groups in total. The summed E-state index contributed by atoms with van der Waals surface area (Å²) < 4.78 is 17.4. The fourth-order valence-electron chi connectivity index (χ4n) is 1.32. The minimum atomic E-state index is -1.18. The number of halogens is 2. The van der Waals surface area contributed by atoms with E-state index >= 15 is 0 Å². The van der Waals surface area contributed by atoms with Crippen molar-refractivity contribution in [3.8, 4) is 5.75 Å². The lowest BCUT2D eigenvalue weighted by Crippen LogP contribution is -2.23. The van der Waals surface area contributed by atoms with Gasteiger partial charge in [0, 0.05) is 5.56 Å². The maximum absolute atomic E-state index is 13.0. The van der Waals surface area contributed by atoms with Gasteiger partial charge in [0.25, 0.3) is 0 Å². The van der Waals surface area contributed by atoms with E-state index in [0.29, 0.717) is 5.56 Å². The first-order chi connectivity index (χ1) is 6.99. The summed E-state index contributed by atoms with van der Waals surface area (Å²) in [5, 5.41) is 9.43. The lowest BCUT2D eigenvalue weighted by atomic mass is 10.0. The van der Waals surface area contributed by atoms with Crippen LogP contribution in [0.2, 0.25) is 0 Å². The molecule has 0 heterocycles. The van der Waals surface area contributed by atoms with Crippen LogP contribution in [0.1, 0.15) is 17.2 Å². The molecule has 0 saturated heterocycles. The van der Waals surface area contributed by atoms with Gasteiger partial charge in [0.2, 0.25) is 0 Å². The van der Waals surface area contributed by atoms with Crippen molar-refractivity contribution in [2.24, 2.45) is 5.73 Å². The molecule has 0 aliphatic carbocycles. The molecule has 0 aliphatic heterocycles. The third-order valence-electron chi connectivity index (χ3n) is 2.15. The topological polar surface area (TPSA) is 72.5 Å². The van der Waals surface area contributed by atoms with Gasteiger partial charge in [0.15, 0.2) is 11.6 Å². The largest absolute Gasteiger partial charge is 0.505 e. The van der Waals surface area contributed by atoms with Crippen molar-refractivity contribution in [2.75, 3.05) is 7.11 Å². The van der Waals surface area contributed by atoms with Crippen LogP contribution in [0, 0.1) is 12.7 Å². The van der Waals surface area contributed by atoms with Crippen LogP contribution in [0.25, 0.3) is 0 Å². The number of phenols is 1. The molecule has 0 aliphatic rings. The molecule has 90 valence electrons. The predicted octanol–water partition coefficient (Wildman–Crippen LogP) is 1.43. The second-order valence-corrected chi connectivity index (χ2v) is 3.13. The van der Waals surface area contributed by atoms with Gasteiger partial charge in [-0.2, -0.15) is 0 Å². The molecule has 1 rings (SSSR count). The Balaban J connectivity index is 0.00000225. The summed E-state index contributed by atoms with van der Waals surface area (Å²) in [6, 6.07) is 1.37. The Bertz CT molecular complexity index is 398. The number of hydrogen-bond acceptors (Lipinski definition) is 4. The van der Waals surface area contributed by atoms with E-state index in [-0.39, 0.29) is 18.0 Å². The molecule has 0 unspecified atom stereocenters. The van der Waals surface area contributed by atoms with Gasteiger partial charge in [-0.05, 0) is 18.6 Å². The van der Waals surface area contributed by atoms with Gasteiger partial charge in [-0.3, -0.25) is 4.79 Å². The van der Waals surface area contributed by atoms with Crippen molar-refractivity contribution in [1.29, 1.82) is 0 Å². The predicted molar refractivity (Wildman–Crippen MR) is 59.0 cm³/mol. The number of nitrogens with two attached hydrogens (primary N) is 1. The molecule has 6 heteroatoms. The zero-order valence-corrected chi connectivity index (χ0v) is 9.68. The van der Waals surface area contributed by atoms with Crippen molar-refractivity contribution in [3.63, 3.8) is 0 Å². The molecular weight excluding hydrogens is 237 g/mol. The molecule has 1 aromatic carbocycles. The third-order valence-corrected chi connectivity index (χ3v) is 2.15. The second kappa shape index (κ2) is 5.67. The molecule has 0 saturated carbocycles. The van der Waals surface area contributed by atoms with E-state index in [2.05, 4.69) is 4.74 Å². The van der Waals surface area contributed by atoms with Gasteiger partial charge in [-0.15, -0.1) is 12.4 Å². The Morgan fingerprint density at radius 3 is 2.62 bits per heavy atom. The van der Waals surface area contributed by atoms with Crippen LogP contribution in [0.15, 0.2) is 12.1 Å². The van der Waals surface area contributed by atoms with Crippen molar-refractivity contribution in [2.45, 2.75) is 13.0 Å². The molecule has 0 spiro atoms. The summed E-state index contributed by atoms with van der Waals surface area (Å²) in [4.78, 5) is 11.1. The number of carbonyl (C=O) groups is 1. The summed E-state index contributed by atoms with van der Waals surface area (Å²) in [6.45, 7) is 1.62. The van der Waals surface area contributed by atoms with Gasteiger partial charge >= 0.3 is 5.97 Å². The number of methoxy groups -OCH3 is 1. The van der Waals surface area contributed by atoms with E-state index < -0.39 is 23.6 Å². The lowest BCUT2D eigenvalue weighted by Gasteiger charge is -2.14. The quantitative estimate of drug-likeness (QED) is 0.778. The van der Waals surface area contributed by atoms with Crippen LogP contribution in [0.5, 0.6) is 5.75 Å². The number of phenolic OH excluding ortho intramolecular Hbond substituents is 1. The summed E-state index contributed by atoms with van der Waals surface area (Å²) in [6.07, 6.45) is 0. The van der Waals surface area contributed by atoms with E-state index in [4.69, 9.17) is 5.73 Å². The Hall–Kier alpha value is -1.33. The number of carbonyl (C=O) groups excluding carboxylic acids is 1. The van der Waals surface area contributed by atoms with Gasteiger partial charge in [0.05, 0.1) is 7.11 Å². The monoisotopic (exact) mass is 249 g/mol. The lowest BCUT2D eigenvalue weighted by molar-refractivity contribution is -0.142. The Morgan fingerprint density at radius 1 is 1.56 bits per heavy atom. The standard InChI is InChI=1S/C10H12FNO3.ClH/c1-5-3-4-6(11)9(13)7(5)8(12)10(14)15-2;/h3-4,8,13H,12H2,1-2H3;1H/t8-;/m0./s1. The number of rotatable bonds is 2. The Kier molecular flexibility index (Phi) is 5.20. The van der Waals surface area contributed by atoms with E-state index in [1.54, 1.807) is 6.92 Å². The fraction of sp³-hybridized carbons (Fsp3) is 0.300. The first-order valence-electron chi connectivity index (χ1n) is 4.30. The van der Waals surface area contributed by atoms with Crippen LogP contribution in [-0.2, 0) is 9.53 Å². The van der Waals surface area contributed by atoms with Crippen LogP contribution in [-0.4, -0.2) is 18.2 Å². The molecule has 0 fully saturated rings. The zero-order valence-electron chi connectivity index (χ0n) is 8.86. The van der Waals surface area contributed by atoms with Crippen molar-refractivity contribution in [3.05, 3.63) is 29.1 Å². The number of hydrogen-bond donors (Lipinski definition) is 2. The molecule has 0 amide bonds. The zero-order chi connectivity index (χ0) is 11.6. The van der Waals surface area contributed by atoms with Crippen molar-refractivity contribution >= 4 is 18.4 Å². The minimum Gasteiger partial charge on any atom is -0.505 e. The first-order valence-corrected chi connectivity index (χ1v) is 4.30. The molecule has 0 radical (unpaired) electrons. The normalized spacial score (nSPS) is 11.5. The smallest absolute Gasteiger partial charge is 0.327 e. The van der Waals surface area contributed by atoms with E-state index in [9.17, 15) is 14.3 Å². The fourth-order valence-corrected chi connectivity index (χ4v) is 1.32. The maximum Gasteiger partial charge on any atom is 0.327 e. The molecule has 16 heavy (non-hydrogen) atoms. The van der Waals surface area contributed by atoms with Gasteiger partial charge in [-0.1, -0.05) is 6.07 Å². The molecular formula is C10H13ClFNO3. The van der Waals surface area contributed by atoms with Crippen LogP contribution >= 0.6 is 12.4 Å². The highest BCUT2D eigenvalue weighted by molar-refractivity contribution is 5.85. The SMILES string of the molecule is COC(=O)[C@@H](N)c1c(C)ccc(F)c1O.Cl. The maximum atomic E-state index is 13.0. The number of ether oxygens (including phenoxy) is 1. The highest BCUT2D eigenvalue weighted by Gasteiger charge is 2.23. The summed E-state index contributed by atoms with van der Waals surface area (Å²) in [7, 11) is 1.17. The van der Waals surface area contributed by atoms with Gasteiger partial charge in [0.1, 0.15) is 6.04 Å². The molecule has 1 aromatic rings. The van der Waals surface area contributed by atoms with Crippen LogP contribution < -0.4 is 5.73 Å². The molecule has 4 nitrogen and oxygen atoms in total. The van der Waals surface area contributed by atoms with Gasteiger partial charge in [-0.25, -0.2) is 4.39 Å². The van der Waals surface area contributed by atoms with E-state index in [1.165, 1.54) is 13.2 Å². The number of benzene rings is 1. The number of aromatic hydroxyl groups is 1. The van der Waals surface area contributed by atoms with E-state index in [0.717, 1.165) is 6.07 Å². The molecule has 0 aromatic heterocycles. The average Bonchev–Trinajstić information content (AvgIpc) is 2.22. The number of aryl methyl sites for hydroxylation is 1. The van der Waals surface area contributed by atoms with Crippen molar-refractivity contribution < 1.29 is 19.0 Å². The molecule has 0 bridgehead atoms. The van der Waals surface area contributed by atoms with Gasteiger partial charge < -0.3 is 15.6 Å². The summed E-state index contributed by atoms with van der Waals surface area (Å²) in [5.74, 6) is -2.14. The van der Waals surface area contributed by atoms with Crippen LogP contribution in [0.4, 0.5) is 4.39 Å². The van der Waals surface area contributed by atoms with E-state index in [1.807, 2.05) is 0 Å². The molecule has 1 atom stereocenters. The first kappa shape index (κ1) is 14.7. The highest BCUT2D eigenvalue weighted by atomic mass is 35.5. The average molecular weight is 250 g/mol. The second-order valence-electron chi connectivity index (χ2n) is 3.13. The summed E-state index contributed by atoms with van der Waals surface area (Å²) >= 11 is 0. The Morgan fingerprint density at radius 2 is 2.12 bits per heavy atom. The van der Waals surface area contributed by atoms with Crippen molar-refractivity contribution in [1.82, 2.24) is 0 Å². The Labute approximate surface area is 98.6 Å². The minimum absolute atomic E-state index is 0. The van der Waals surface area contributed by atoms with Crippen LogP contribution in [0.3, 0.4) is 0 Å². The highest BCUT2D eigenvalue weighted by Crippen LogP contribution is 2.29. The number of esters is 1.